The van der Waals surface area contributed by atoms with Gasteiger partial charge in [0.05, 0.1) is 0 Å². The van der Waals surface area contributed by atoms with Crippen LogP contribution in [0.4, 0.5) is 0 Å². The van der Waals surface area contributed by atoms with Crippen LogP contribution in [0.2, 0.25) is 0 Å². The van der Waals surface area contributed by atoms with Crippen LogP contribution in [0.25, 0.3) is 0 Å². The van der Waals surface area contributed by atoms with E-state index in [1.165, 1.54) is 5.57 Å². The minimum absolute atomic E-state index is 0.660. The fraction of sp³-hybridized carbons (Fsp3) is 0.333. The second-order valence-corrected chi connectivity index (χ2v) is 2.63. The Hall–Kier alpha value is -0.780. The van der Waals surface area contributed by atoms with Gasteiger partial charge in [0.1, 0.15) is 0 Å². The Morgan fingerprint density at radius 1 is 1.22 bits per heavy atom. The summed E-state index contributed by atoms with van der Waals surface area (Å²) in [7, 11) is 0. The fourth-order valence-electron chi connectivity index (χ4n) is 0.885. The quantitative estimate of drug-likeness (QED) is 0.499. The van der Waals surface area contributed by atoms with Crippen molar-refractivity contribution in [3.8, 4) is 0 Å². The van der Waals surface area contributed by atoms with E-state index in [1.807, 2.05) is 0 Å². The highest BCUT2D eigenvalue weighted by molar-refractivity contribution is 5.39. The lowest BCUT2D eigenvalue weighted by Crippen LogP contribution is -1.79. The number of allylic oxidation sites excluding steroid dienone is 6. The van der Waals surface area contributed by atoms with E-state index in [0.29, 0.717) is 5.92 Å². The first kappa shape index (κ1) is 6.34. The van der Waals surface area contributed by atoms with Crippen LogP contribution in [0.3, 0.4) is 0 Å². The van der Waals surface area contributed by atoms with Gasteiger partial charge in [-0.3, -0.25) is 0 Å². The lowest BCUT2D eigenvalue weighted by atomic mass is 10.1. The molecule has 1 aliphatic rings. The summed E-state index contributed by atoms with van der Waals surface area (Å²) in [5, 5.41) is 0. The molecule has 0 atom stereocenters. The largest absolute Gasteiger partial charge is 0.0747 e. The van der Waals surface area contributed by atoms with Crippen LogP contribution in [-0.2, 0) is 0 Å². The Morgan fingerprint density at radius 2 is 1.78 bits per heavy atom. The van der Waals surface area contributed by atoms with E-state index < -0.39 is 0 Å². The molecule has 0 bridgehead atoms. The molecule has 0 amide bonds. The Balaban J connectivity index is 2.62. The maximum absolute atomic E-state index is 2.25. The van der Waals surface area contributed by atoms with Crippen LogP contribution in [-0.4, -0.2) is 0 Å². The van der Waals surface area contributed by atoms with Gasteiger partial charge >= 0.3 is 0 Å². The number of rotatable bonds is 1. The first-order chi connectivity index (χ1) is 4.29. The summed E-state index contributed by atoms with van der Waals surface area (Å²) in [6.07, 6.45) is 10.6. The normalized spacial score (nSPS) is 15.7. The molecular formula is C9H12. The molecule has 0 aromatic rings. The molecule has 0 aromatic carbocycles. The van der Waals surface area contributed by atoms with E-state index in [0.717, 1.165) is 0 Å². The van der Waals surface area contributed by atoms with E-state index in [4.69, 9.17) is 0 Å². The summed E-state index contributed by atoms with van der Waals surface area (Å²) in [6.45, 7) is 4.38. The molecule has 0 saturated carbocycles. The smallest absolute Gasteiger partial charge is 0.0281 e. The van der Waals surface area contributed by atoms with Crippen molar-refractivity contribution in [3.63, 3.8) is 0 Å². The Labute approximate surface area is 56.6 Å². The SMILES string of the molecule is CC(C)C=C1C=CC=C1. The maximum atomic E-state index is 2.25. The second kappa shape index (κ2) is 2.67. The Kier molecular flexibility index (Phi) is 1.88. The van der Waals surface area contributed by atoms with Gasteiger partial charge in [0.2, 0.25) is 0 Å². The highest BCUT2D eigenvalue weighted by atomic mass is 14.0. The molecule has 0 N–H and O–H groups in total. The molecule has 0 unspecified atom stereocenters. The topological polar surface area (TPSA) is 0 Å². The summed E-state index contributed by atoms with van der Waals surface area (Å²) >= 11 is 0. The molecule has 0 radical (unpaired) electrons. The van der Waals surface area contributed by atoms with Crippen LogP contribution in [0.1, 0.15) is 13.8 Å². The molecule has 0 nitrogen and oxygen atoms in total. The van der Waals surface area contributed by atoms with Crippen molar-refractivity contribution in [1.29, 1.82) is 0 Å². The monoisotopic (exact) mass is 120 g/mol. The molecule has 0 fully saturated rings. The lowest BCUT2D eigenvalue weighted by Gasteiger charge is -1.94. The van der Waals surface area contributed by atoms with Crippen molar-refractivity contribution in [3.05, 3.63) is 36.0 Å². The molecule has 1 aliphatic carbocycles. The fourth-order valence-corrected chi connectivity index (χ4v) is 0.885. The van der Waals surface area contributed by atoms with E-state index in [9.17, 15) is 0 Å². The van der Waals surface area contributed by atoms with Crippen LogP contribution in [0, 0.1) is 5.92 Å². The third-order valence-electron chi connectivity index (χ3n) is 1.21. The molecule has 0 spiro atoms. The minimum Gasteiger partial charge on any atom is -0.0747 e. The zero-order valence-corrected chi connectivity index (χ0v) is 5.96. The molecule has 48 valence electrons. The average molecular weight is 120 g/mol. The molecule has 0 aromatic heterocycles. The van der Waals surface area contributed by atoms with Gasteiger partial charge in [0, 0.05) is 0 Å². The zero-order valence-electron chi connectivity index (χ0n) is 5.96. The summed E-state index contributed by atoms with van der Waals surface area (Å²) in [6, 6.07) is 0. The summed E-state index contributed by atoms with van der Waals surface area (Å²) in [4.78, 5) is 0. The predicted molar refractivity (Wildman–Crippen MR) is 41.2 cm³/mol. The van der Waals surface area contributed by atoms with Crippen molar-refractivity contribution in [2.45, 2.75) is 13.8 Å². The van der Waals surface area contributed by atoms with Crippen molar-refractivity contribution >= 4 is 0 Å². The molecule has 9 heavy (non-hydrogen) atoms. The van der Waals surface area contributed by atoms with Crippen LogP contribution >= 0.6 is 0 Å². The Morgan fingerprint density at radius 3 is 2.22 bits per heavy atom. The molecule has 0 heterocycles. The van der Waals surface area contributed by atoms with Gasteiger partial charge in [0.15, 0.2) is 0 Å². The third-order valence-corrected chi connectivity index (χ3v) is 1.21. The summed E-state index contributed by atoms with van der Waals surface area (Å²) in [5.74, 6) is 0.660. The standard InChI is InChI=1S/C9H12/c1-8(2)7-9-5-3-4-6-9/h3-8H,1-2H3. The first-order valence-corrected chi connectivity index (χ1v) is 3.35. The minimum atomic E-state index is 0.660. The Bertz CT molecular complexity index is 154. The van der Waals surface area contributed by atoms with Crippen molar-refractivity contribution in [2.75, 3.05) is 0 Å². The van der Waals surface area contributed by atoms with E-state index in [2.05, 4.69) is 44.2 Å². The predicted octanol–water partition coefficient (Wildman–Crippen LogP) is 2.69. The second-order valence-electron chi connectivity index (χ2n) is 2.63. The van der Waals surface area contributed by atoms with Gasteiger partial charge in [-0.1, -0.05) is 44.2 Å². The molecular weight excluding hydrogens is 108 g/mol. The van der Waals surface area contributed by atoms with Crippen LogP contribution < -0.4 is 0 Å². The van der Waals surface area contributed by atoms with Crippen LogP contribution in [0.15, 0.2) is 36.0 Å². The molecule has 0 aliphatic heterocycles. The van der Waals surface area contributed by atoms with Gasteiger partial charge < -0.3 is 0 Å². The van der Waals surface area contributed by atoms with E-state index in [1.54, 1.807) is 0 Å². The van der Waals surface area contributed by atoms with Crippen molar-refractivity contribution in [2.24, 2.45) is 5.92 Å². The first-order valence-electron chi connectivity index (χ1n) is 3.35. The lowest BCUT2D eigenvalue weighted by molar-refractivity contribution is 0.828. The zero-order chi connectivity index (χ0) is 6.69. The third kappa shape index (κ3) is 1.88. The highest BCUT2D eigenvalue weighted by Crippen LogP contribution is 2.09. The molecule has 0 saturated heterocycles. The summed E-state index contributed by atoms with van der Waals surface area (Å²) in [5.41, 5.74) is 1.34. The molecule has 0 heteroatoms. The average Bonchev–Trinajstić information content (AvgIpc) is 2.15. The number of hydrogen-bond donors (Lipinski definition) is 0. The van der Waals surface area contributed by atoms with Gasteiger partial charge in [-0.25, -0.2) is 0 Å². The maximum Gasteiger partial charge on any atom is -0.0281 e. The van der Waals surface area contributed by atoms with Crippen molar-refractivity contribution < 1.29 is 0 Å². The number of hydrogen-bond acceptors (Lipinski definition) is 0. The molecule has 1 rings (SSSR count). The van der Waals surface area contributed by atoms with Crippen molar-refractivity contribution in [1.82, 2.24) is 0 Å². The van der Waals surface area contributed by atoms with E-state index >= 15 is 0 Å². The van der Waals surface area contributed by atoms with Gasteiger partial charge in [-0.2, -0.15) is 0 Å². The highest BCUT2D eigenvalue weighted by Gasteiger charge is 1.91. The van der Waals surface area contributed by atoms with Gasteiger partial charge in [-0.05, 0) is 11.5 Å². The summed E-state index contributed by atoms with van der Waals surface area (Å²) < 4.78 is 0. The van der Waals surface area contributed by atoms with Crippen LogP contribution in [0.5, 0.6) is 0 Å². The van der Waals surface area contributed by atoms with Gasteiger partial charge in [0.25, 0.3) is 0 Å². The van der Waals surface area contributed by atoms with Gasteiger partial charge in [-0.15, -0.1) is 0 Å². The van der Waals surface area contributed by atoms with E-state index in [-0.39, 0.29) is 0 Å².